The van der Waals surface area contributed by atoms with Crippen molar-refractivity contribution in [3.8, 4) is 11.5 Å². The fraction of sp³-hybridized carbons (Fsp3) is 0.389. The van der Waals surface area contributed by atoms with Gasteiger partial charge >= 0.3 is 5.97 Å². The Hall–Kier alpha value is -2.19. The number of hydrogen-bond acceptors (Lipinski definition) is 7. The summed E-state index contributed by atoms with van der Waals surface area (Å²) < 4.78 is 15.1. The fourth-order valence-corrected chi connectivity index (χ4v) is 3.55. The van der Waals surface area contributed by atoms with Crippen molar-refractivity contribution in [1.29, 1.82) is 0 Å². The zero-order chi connectivity index (χ0) is 20.1. The second kappa shape index (κ2) is 9.14. The standard InChI is InChI=1S/C18H20ClNO6S/c1-5-10(2)20-17(22)14(27-18(20)23)8-11-6-12(19)16(13(7-11)24-3)26-9-15(21)25-4/h6-8,10H,5,9H2,1-4H3/b14-8-/t10-/m1/s1. The molecule has 2 rings (SSSR count). The first-order valence-electron chi connectivity index (χ1n) is 8.16. The number of thioether (sulfide) groups is 1. The summed E-state index contributed by atoms with van der Waals surface area (Å²) >= 11 is 7.12. The zero-order valence-corrected chi connectivity index (χ0v) is 17.0. The van der Waals surface area contributed by atoms with Crippen molar-refractivity contribution >= 4 is 46.6 Å². The van der Waals surface area contributed by atoms with Crippen LogP contribution >= 0.6 is 23.4 Å². The van der Waals surface area contributed by atoms with Crippen LogP contribution in [-0.4, -0.2) is 48.9 Å². The lowest BCUT2D eigenvalue weighted by Gasteiger charge is -2.19. The van der Waals surface area contributed by atoms with Crippen LogP contribution < -0.4 is 9.47 Å². The minimum atomic E-state index is -0.559. The molecule has 9 heteroatoms. The summed E-state index contributed by atoms with van der Waals surface area (Å²) in [6, 6.07) is 3.00. The quantitative estimate of drug-likeness (QED) is 0.497. The molecule has 1 fully saturated rings. The topological polar surface area (TPSA) is 82.1 Å². The Kier molecular flexibility index (Phi) is 7.15. The Labute approximate surface area is 166 Å². The van der Waals surface area contributed by atoms with Gasteiger partial charge in [0, 0.05) is 6.04 Å². The third kappa shape index (κ3) is 4.75. The molecule has 146 valence electrons. The van der Waals surface area contributed by atoms with Gasteiger partial charge in [-0.05, 0) is 48.9 Å². The third-order valence-corrected chi connectivity index (χ3v) is 5.13. The first-order valence-corrected chi connectivity index (χ1v) is 9.36. The van der Waals surface area contributed by atoms with Crippen molar-refractivity contribution in [3.63, 3.8) is 0 Å². The highest BCUT2D eigenvalue weighted by Crippen LogP contribution is 2.39. The van der Waals surface area contributed by atoms with E-state index in [1.807, 2.05) is 13.8 Å². The molecule has 27 heavy (non-hydrogen) atoms. The lowest BCUT2D eigenvalue weighted by atomic mass is 10.1. The van der Waals surface area contributed by atoms with Crippen LogP contribution in [0.4, 0.5) is 4.79 Å². The lowest BCUT2D eigenvalue weighted by Crippen LogP contribution is -2.36. The molecule has 1 aliphatic rings. The van der Waals surface area contributed by atoms with Crippen LogP contribution in [-0.2, 0) is 14.3 Å². The van der Waals surface area contributed by atoms with Crippen molar-refractivity contribution in [2.24, 2.45) is 0 Å². The molecule has 0 aliphatic carbocycles. The van der Waals surface area contributed by atoms with Crippen molar-refractivity contribution in [2.75, 3.05) is 20.8 Å². The molecule has 0 aromatic heterocycles. The van der Waals surface area contributed by atoms with Crippen LogP contribution in [0.15, 0.2) is 17.0 Å². The van der Waals surface area contributed by atoms with E-state index < -0.39 is 5.97 Å². The molecular weight excluding hydrogens is 394 g/mol. The summed E-state index contributed by atoms with van der Waals surface area (Å²) in [5.74, 6) is -0.412. The Morgan fingerprint density at radius 3 is 2.63 bits per heavy atom. The summed E-state index contributed by atoms with van der Waals surface area (Å²) in [6.07, 6.45) is 2.25. The number of carbonyl (C=O) groups is 3. The number of esters is 1. The Morgan fingerprint density at radius 1 is 1.33 bits per heavy atom. The minimum Gasteiger partial charge on any atom is -0.493 e. The molecule has 0 radical (unpaired) electrons. The molecule has 1 aromatic rings. The number of halogens is 1. The molecule has 0 spiro atoms. The average molecular weight is 414 g/mol. The predicted octanol–water partition coefficient (Wildman–Crippen LogP) is 3.74. The molecule has 1 heterocycles. The number of ether oxygens (including phenoxy) is 3. The van der Waals surface area contributed by atoms with Gasteiger partial charge in [0.2, 0.25) is 0 Å². The number of rotatable bonds is 7. The molecule has 0 bridgehead atoms. The van der Waals surface area contributed by atoms with Crippen LogP contribution in [0.3, 0.4) is 0 Å². The van der Waals surface area contributed by atoms with Gasteiger partial charge in [0.25, 0.3) is 11.1 Å². The minimum absolute atomic E-state index is 0.171. The van der Waals surface area contributed by atoms with Crippen LogP contribution in [0.25, 0.3) is 6.08 Å². The van der Waals surface area contributed by atoms with Crippen LogP contribution in [0.2, 0.25) is 5.02 Å². The monoisotopic (exact) mass is 413 g/mol. The van der Waals surface area contributed by atoms with Gasteiger partial charge in [-0.15, -0.1) is 0 Å². The number of carbonyl (C=O) groups excluding carboxylic acids is 3. The second-order valence-corrected chi connectivity index (χ2v) is 7.11. The van der Waals surface area contributed by atoms with E-state index in [1.54, 1.807) is 18.2 Å². The smallest absolute Gasteiger partial charge is 0.343 e. The lowest BCUT2D eigenvalue weighted by molar-refractivity contribution is -0.142. The van der Waals surface area contributed by atoms with Crippen LogP contribution in [0.5, 0.6) is 11.5 Å². The van der Waals surface area contributed by atoms with Crippen LogP contribution in [0.1, 0.15) is 25.8 Å². The van der Waals surface area contributed by atoms with Gasteiger partial charge in [0.1, 0.15) is 0 Å². The maximum atomic E-state index is 12.5. The second-order valence-electron chi connectivity index (χ2n) is 5.71. The van der Waals surface area contributed by atoms with E-state index in [4.69, 9.17) is 21.1 Å². The molecule has 1 aliphatic heterocycles. The summed E-state index contributed by atoms with van der Waals surface area (Å²) in [4.78, 5) is 37.4. The highest BCUT2D eigenvalue weighted by molar-refractivity contribution is 8.18. The molecule has 0 saturated carbocycles. The van der Waals surface area contributed by atoms with E-state index in [0.29, 0.717) is 22.6 Å². The summed E-state index contributed by atoms with van der Waals surface area (Å²) in [5.41, 5.74) is 0.567. The molecule has 0 unspecified atom stereocenters. The van der Waals surface area contributed by atoms with Crippen molar-refractivity contribution in [2.45, 2.75) is 26.3 Å². The number of amides is 2. The first-order chi connectivity index (χ1) is 12.8. The van der Waals surface area contributed by atoms with Gasteiger partial charge in [0.05, 0.1) is 24.1 Å². The van der Waals surface area contributed by atoms with Gasteiger partial charge in [-0.2, -0.15) is 0 Å². The molecule has 1 saturated heterocycles. The predicted molar refractivity (Wildman–Crippen MR) is 103 cm³/mol. The van der Waals surface area contributed by atoms with E-state index in [2.05, 4.69) is 4.74 Å². The summed E-state index contributed by atoms with van der Waals surface area (Å²) in [5, 5.41) is -0.0950. The van der Waals surface area contributed by atoms with Crippen molar-refractivity contribution < 1.29 is 28.6 Å². The molecule has 1 atom stereocenters. The Morgan fingerprint density at radius 2 is 2.04 bits per heavy atom. The maximum absolute atomic E-state index is 12.5. The van der Waals surface area contributed by atoms with E-state index >= 15 is 0 Å². The SMILES string of the molecule is CC[C@@H](C)N1C(=O)S/C(=C\c2cc(Cl)c(OCC(=O)OC)c(OC)c2)C1=O. The molecule has 0 N–H and O–H groups in total. The average Bonchev–Trinajstić information content (AvgIpc) is 2.92. The van der Waals surface area contributed by atoms with Gasteiger partial charge in [-0.3, -0.25) is 14.5 Å². The van der Waals surface area contributed by atoms with Gasteiger partial charge in [-0.1, -0.05) is 18.5 Å². The molecule has 7 nitrogen and oxygen atoms in total. The molecule has 1 aromatic carbocycles. The highest BCUT2D eigenvalue weighted by atomic mass is 35.5. The van der Waals surface area contributed by atoms with E-state index in [9.17, 15) is 14.4 Å². The van der Waals surface area contributed by atoms with E-state index in [1.165, 1.54) is 19.1 Å². The number of benzene rings is 1. The Bertz CT molecular complexity index is 794. The molecule has 2 amide bonds. The summed E-state index contributed by atoms with van der Waals surface area (Å²) in [6.45, 7) is 3.42. The number of nitrogens with zero attached hydrogens (tertiary/aromatic N) is 1. The first kappa shape index (κ1) is 21.1. The van der Waals surface area contributed by atoms with E-state index in [-0.39, 0.29) is 34.6 Å². The largest absolute Gasteiger partial charge is 0.493 e. The molecular formula is C18H20ClNO6S. The third-order valence-electron chi connectivity index (χ3n) is 3.97. The zero-order valence-electron chi connectivity index (χ0n) is 15.4. The van der Waals surface area contributed by atoms with Crippen LogP contribution in [0, 0.1) is 0 Å². The number of imide groups is 1. The van der Waals surface area contributed by atoms with Crippen molar-refractivity contribution in [1.82, 2.24) is 4.90 Å². The normalized spacial score (nSPS) is 16.6. The van der Waals surface area contributed by atoms with E-state index in [0.717, 1.165) is 11.8 Å². The van der Waals surface area contributed by atoms with Crippen molar-refractivity contribution in [3.05, 3.63) is 27.6 Å². The fourth-order valence-electron chi connectivity index (χ4n) is 2.35. The van der Waals surface area contributed by atoms with Gasteiger partial charge in [-0.25, -0.2) is 4.79 Å². The van der Waals surface area contributed by atoms with Gasteiger partial charge in [0.15, 0.2) is 18.1 Å². The summed E-state index contributed by atoms with van der Waals surface area (Å²) in [7, 11) is 2.68. The highest BCUT2D eigenvalue weighted by Gasteiger charge is 2.37. The van der Waals surface area contributed by atoms with Gasteiger partial charge < -0.3 is 14.2 Å². The number of methoxy groups -OCH3 is 2. The maximum Gasteiger partial charge on any atom is 0.343 e. The Balaban J connectivity index is 2.31. The number of hydrogen-bond donors (Lipinski definition) is 0.